The van der Waals surface area contributed by atoms with Crippen LogP contribution in [0.3, 0.4) is 0 Å². The van der Waals surface area contributed by atoms with Gasteiger partial charge in [-0.05, 0) is 18.2 Å². The molecular formula is C13H15BrN2O5. The van der Waals surface area contributed by atoms with Gasteiger partial charge in [0.2, 0.25) is 0 Å². The Balaban J connectivity index is 2.17. The minimum Gasteiger partial charge on any atom is -0.478 e. The van der Waals surface area contributed by atoms with Crippen molar-refractivity contribution in [2.75, 3.05) is 31.7 Å². The van der Waals surface area contributed by atoms with Crippen molar-refractivity contribution in [3.63, 3.8) is 0 Å². The maximum Gasteiger partial charge on any atom is 0.337 e. The third-order valence-corrected chi connectivity index (χ3v) is 3.65. The maximum atomic E-state index is 12.2. The molecule has 0 saturated carbocycles. The van der Waals surface area contributed by atoms with E-state index in [1.54, 1.807) is 6.07 Å². The normalized spacial score (nSPS) is 18.4. The van der Waals surface area contributed by atoms with Crippen LogP contribution in [0.15, 0.2) is 22.7 Å². The van der Waals surface area contributed by atoms with Gasteiger partial charge in [0.25, 0.3) is 0 Å². The van der Waals surface area contributed by atoms with E-state index in [9.17, 15) is 14.7 Å². The number of carbonyl (C=O) groups excluding carboxylic acids is 1. The third kappa shape index (κ3) is 3.72. The Kier molecular flexibility index (Phi) is 5.16. The smallest absolute Gasteiger partial charge is 0.337 e. The fourth-order valence-electron chi connectivity index (χ4n) is 2.06. The minimum atomic E-state index is -1.13. The van der Waals surface area contributed by atoms with E-state index in [0.717, 1.165) is 0 Å². The lowest BCUT2D eigenvalue weighted by molar-refractivity contribution is -0.00485. The Bertz CT molecular complexity index is 551. The molecule has 1 atom stereocenters. The molecular weight excluding hydrogens is 344 g/mol. The molecule has 0 spiro atoms. The van der Waals surface area contributed by atoms with E-state index >= 15 is 0 Å². The predicted molar refractivity (Wildman–Crippen MR) is 78.5 cm³/mol. The predicted octanol–water partition coefficient (Wildman–Crippen LogP) is 1.37. The van der Waals surface area contributed by atoms with E-state index in [4.69, 9.17) is 9.84 Å². The highest BCUT2D eigenvalue weighted by Gasteiger charge is 2.27. The summed E-state index contributed by atoms with van der Waals surface area (Å²) in [7, 11) is 0. The van der Waals surface area contributed by atoms with Gasteiger partial charge in [-0.3, -0.25) is 0 Å². The van der Waals surface area contributed by atoms with E-state index in [1.807, 2.05) is 0 Å². The van der Waals surface area contributed by atoms with Crippen LogP contribution in [0.25, 0.3) is 0 Å². The monoisotopic (exact) mass is 358 g/mol. The Morgan fingerprint density at radius 2 is 2.24 bits per heavy atom. The largest absolute Gasteiger partial charge is 0.478 e. The summed E-state index contributed by atoms with van der Waals surface area (Å²) in [6.07, 6.45) is 0. The van der Waals surface area contributed by atoms with Crippen molar-refractivity contribution < 1.29 is 24.5 Å². The van der Waals surface area contributed by atoms with E-state index in [2.05, 4.69) is 21.2 Å². The Morgan fingerprint density at radius 1 is 1.48 bits per heavy atom. The average Bonchev–Trinajstić information content (AvgIpc) is 2.48. The lowest BCUT2D eigenvalue weighted by Crippen LogP contribution is -2.52. The first-order valence-corrected chi connectivity index (χ1v) is 7.11. The summed E-state index contributed by atoms with van der Waals surface area (Å²) in [4.78, 5) is 24.9. The zero-order valence-corrected chi connectivity index (χ0v) is 12.7. The number of hydrogen-bond donors (Lipinski definition) is 3. The maximum absolute atomic E-state index is 12.2. The highest BCUT2D eigenvalue weighted by Crippen LogP contribution is 2.22. The second-order valence-corrected chi connectivity index (χ2v) is 5.45. The lowest BCUT2D eigenvalue weighted by atomic mass is 10.2. The number of aliphatic hydroxyl groups is 1. The number of aromatic carboxylic acids is 1. The van der Waals surface area contributed by atoms with Gasteiger partial charge in [-0.1, -0.05) is 15.9 Å². The molecule has 1 fully saturated rings. The number of halogens is 1. The van der Waals surface area contributed by atoms with Crippen LogP contribution in [0.1, 0.15) is 10.4 Å². The van der Waals surface area contributed by atoms with Gasteiger partial charge >= 0.3 is 12.0 Å². The van der Waals surface area contributed by atoms with Gasteiger partial charge in [0.15, 0.2) is 0 Å². The number of nitrogens with zero attached hydrogens (tertiary/aromatic N) is 1. The van der Waals surface area contributed by atoms with Crippen molar-refractivity contribution >= 4 is 33.6 Å². The summed E-state index contributed by atoms with van der Waals surface area (Å²) >= 11 is 3.19. The average molecular weight is 359 g/mol. The van der Waals surface area contributed by atoms with Crippen molar-refractivity contribution in [3.8, 4) is 0 Å². The summed E-state index contributed by atoms with van der Waals surface area (Å²) < 4.78 is 5.81. The first-order valence-electron chi connectivity index (χ1n) is 6.32. The quantitative estimate of drug-likeness (QED) is 0.757. The second kappa shape index (κ2) is 6.88. The van der Waals surface area contributed by atoms with E-state index < -0.39 is 18.0 Å². The fourth-order valence-corrected chi connectivity index (χ4v) is 2.42. The van der Waals surface area contributed by atoms with E-state index in [1.165, 1.54) is 17.0 Å². The number of urea groups is 1. The lowest BCUT2D eigenvalue weighted by Gasteiger charge is -2.34. The zero-order valence-electron chi connectivity index (χ0n) is 11.1. The number of rotatable bonds is 3. The molecule has 1 saturated heterocycles. The summed E-state index contributed by atoms with van der Waals surface area (Å²) in [5.41, 5.74) is 0.199. The molecule has 0 bridgehead atoms. The highest BCUT2D eigenvalue weighted by molar-refractivity contribution is 9.10. The molecule has 1 aromatic rings. The van der Waals surface area contributed by atoms with Crippen LogP contribution in [-0.2, 0) is 4.74 Å². The Labute approximate surface area is 129 Å². The van der Waals surface area contributed by atoms with Gasteiger partial charge in [0.05, 0.1) is 37.1 Å². The topological polar surface area (TPSA) is 99.1 Å². The van der Waals surface area contributed by atoms with Crippen molar-refractivity contribution in [2.45, 2.75) is 6.04 Å². The number of aliphatic hydroxyl groups excluding tert-OH is 1. The number of carboxylic acids is 1. The molecule has 1 unspecified atom stereocenters. The molecule has 1 aliphatic heterocycles. The first kappa shape index (κ1) is 15.7. The fraction of sp³-hybridized carbons (Fsp3) is 0.385. The van der Waals surface area contributed by atoms with Gasteiger partial charge in [-0.25, -0.2) is 9.59 Å². The standard InChI is InChI=1S/C13H15BrN2O5/c14-8-1-2-11(10(5-8)12(18)19)15-13(20)16-3-4-21-7-9(16)6-17/h1-2,5,9,17H,3-4,6-7H2,(H,15,20)(H,18,19). The molecule has 0 aromatic heterocycles. The minimum absolute atomic E-state index is 0.00784. The number of carbonyl (C=O) groups is 2. The van der Waals surface area contributed by atoms with Crippen molar-refractivity contribution in [1.29, 1.82) is 0 Å². The van der Waals surface area contributed by atoms with Gasteiger partial charge in [0.1, 0.15) is 0 Å². The molecule has 7 nitrogen and oxygen atoms in total. The van der Waals surface area contributed by atoms with Crippen molar-refractivity contribution in [2.24, 2.45) is 0 Å². The highest BCUT2D eigenvalue weighted by atomic mass is 79.9. The summed E-state index contributed by atoms with van der Waals surface area (Å²) in [6.45, 7) is 0.779. The number of ether oxygens (including phenoxy) is 1. The van der Waals surface area contributed by atoms with E-state index in [-0.39, 0.29) is 24.5 Å². The van der Waals surface area contributed by atoms with Crippen LogP contribution >= 0.6 is 15.9 Å². The van der Waals surface area contributed by atoms with Crippen LogP contribution in [0, 0.1) is 0 Å². The summed E-state index contributed by atoms with van der Waals surface area (Å²) in [5, 5.41) is 21.0. The molecule has 2 rings (SSSR count). The van der Waals surface area contributed by atoms with Crippen LogP contribution in [0.2, 0.25) is 0 Å². The van der Waals surface area contributed by atoms with Gasteiger partial charge in [-0.2, -0.15) is 0 Å². The molecule has 1 aliphatic rings. The Hall–Kier alpha value is -1.64. The van der Waals surface area contributed by atoms with Crippen molar-refractivity contribution in [1.82, 2.24) is 4.90 Å². The van der Waals surface area contributed by atoms with Crippen LogP contribution in [0.4, 0.5) is 10.5 Å². The first-order chi connectivity index (χ1) is 10.0. The number of anilines is 1. The number of morpholine rings is 1. The molecule has 114 valence electrons. The van der Waals surface area contributed by atoms with Crippen molar-refractivity contribution in [3.05, 3.63) is 28.2 Å². The number of hydrogen-bond acceptors (Lipinski definition) is 4. The number of benzene rings is 1. The number of carboxylic acid groups (broad SMARTS) is 1. The molecule has 21 heavy (non-hydrogen) atoms. The van der Waals surface area contributed by atoms with Gasteiger partial charge in [0, 0.05) is 11.0 Å². The summed E-state index contributed by atoms with van der Waals surface area (Å²) in [5.74, 6) is -1.13. The van der Waals surface area contributed by atoms with Gasteiger partial charge in [-0.15, -0.1) is 0 Å². The third-order valence-electron chi connectivity index (χ3n) is 3.15. The molecule has 0 aliphatic carbocycles. The van der Waals surface area contributed by atoms with Crippen LogP contribution in [-0.4, -0.2) is 59.5 Å². The van der Waals surface area contributed by atoms with Crippen LogP contribution < -0.4 is 5.32 Å². The Morgan fingerprint density at radius 3 is 2.90 bits per heavy atom. The van der Waals surface area contributed by atoms with Gasteiger partial charge < -0.3 is 25.2 Å². The molecule has 1 heterocycles. The van der Waals surface area contributed by atoms with Crippen LogP contribution in [0.5, 0.6) is 0 Å². The molecule has 1 aromatic carbocycles. The number of nitrogens with one attached hydrogen (secondary N) is 1. The SMILES string of the molecule is O=C(O)c1cc(Br)ccc1NC(=O)N1CCOCC1CO. The molecule has 3 N–H and O–H groups in total. The molecule has 2 amide bonds. The molecule has 0 radical (unpaired) electrons. The second-order valence-electron chi connectivity index (χ2n) is 4.53. The molecule has 8 heteroatoms. The van der Waals surface area contributed by atoms with E-state index in [0.29, 0.717) is 17.6 Å². The summed E-state index contributed by atoms with van der Waals surface area (Å²) in [6, 6.07) is 3.69. The zero-order chi connectivity index (χ0) is 15.4. The number of amides is 2.